The van der Waals surface area contributed by atoms with Crippen LogP contribution in [0.1, 0.15) is 11.4 Å². The summed E-state index contributed by atoms with van der Waals surface area (Å²) in [6, 6.07) is 5.51. The minimum atomic E-state index is -0.386. The van der Waals surface area contributed by atoms with E-state index in [0.29, 0.717) is 5.69 Å². The van der Waals surface area contributed by atoms with E-state index < -0.39 is 0 Å². The fourth-order valence-corrected chi connectivity index (χ4v) is 1.30. The van der Waals surface area contributed by atoms with Crippen molar-refractivity contribution in [3.8, 4) is 0 Å². The lowest BCUT2D eigenvalue weighted by atomic mass is 10.3. The van der Waals surface area contributed by atoms with Crippen LogP contribution in [0.25, 0.3) is 0 Å². The molecule has 0 bridgehead atoms. The number of amides is 1. The summed E-state index contributed by atoms with van der Waals surface area (Å²) in [6.07, 6.45) is 1.45. The van der Waals surface area contributed by atoms with Crippen molar-refractivity contribution < 1.29 is 4.79 Å². The number of aryl methyl sites for hydroxylation is 1. The molecule has 0 aliphatic rings. The van der Waals surface area contributed by atoms with Gasteiger partial charge in [-0.1, -0.05) is 11.2 Å². The lowest BCUT2D eigenvalue weighted by molar-refractivity contribution is -0.121. The number of rotatable bonds is 4. The average Bonchev–Trinajstić information content (AvgIpc) is 2.75. The van der Waals surface area contributed by atoms with Crippen LogP contribution in [-0.4, -0.2) is 37.3 Å². The Morgan fingerprint density at radius 3 is 3.11 bits per heavy atom. The van der Waals surface area contributed by atoms with Crippen molar-refractivity contribution >= 4 is 18.1 Å². The molecule has 2 rings (SSSR count). The average molecular weight is 260 g/mol. The van der Waals surface area contributed by atoms with E-state index in [-0.39, 0.29) is 18.4 Å². The van der Waals surface area contributed by atoms with E-state index in [1.807, 2.05) is 19.1 Å². The molecule has 98 valence electrons. The van der Waals surface area contributed by atoms with E-state index in [1.165, 1.54) is 6.21 Å². The second-order valence-corrected chi connectivity index (χ2v) is 3.69. The number of nitrogens with zero attached hydrogens (tertiary/aromatic N) is 6. The fraction of sp³-hybridized carbons (Fsp3) is 0.200. The van der Waals surface area contributed by atoms with Crippen LogP contribution < -0.4 is 11.2 Å². The molecule has 3 N–H and O–H groups in total. The zero-order chi connectivity index (χ0) is 13.7. The smallest absolute Gasteiger partial charge is 0.261 e. The minimum Gasteiger partial charge on any atom is -0.367 e. The Hall–Kier alpha value is -2.84. The molecule has 2 aromatic rings. The summed E-state index contributed by atoms with van der Waals surface area (Å²) in [5.41, 5.74) is 9.29. The van der Waals surface area contributed by atoms with Gasteiger partial charge in [-0.25, -0.2) is 10.1 Å². The number of aromatic nitrogens is 5. The molecular weight excluding hydrogens is 248 g/mol. The van der Waals surface area contributed by atoms with Crippen molar-refractivity contribution in [2.24, 2.45) is 5.10 Å². The van der Waals surface area contributed by atoms with E-state index in [1.54, 1.807) is 6.07 Å². The third kappa shape index (κ3) is 3.56. The van der Waals surface area contributed by atoms with Crippen LogP contribution in [0.15, 0.2) is 23.3 Å². The number of nitrogen functional groups attached to an aromatic ring is 1. The largest absolute Gasteiger partial charge is 0.367 e. The third-order valence-electron chi connectivity index (χ3n) is 2.15. The predicted octanol–water partition coefficient (Wildman–Crippen LogP) is -0.891. The highest BCUT2D eigenvalue weighted by Crippen LogP contribution is 1.94. The number of carbonyl (C=O) groups is 1. The van der Waals surface area contributed by atoms with Crippen LogP contribution >= 0.6 is 0 Å². The summed E-state index contributed by atoms with van der Waals surface area (Å²) in [5.74, 6) is -0.317. The second-order valence-electron chi connectivity index (χ2n) is 3.69. The van der Waals surface area contributed by atoms with Crippen molar-refractivity contribution in [1.29, 1.82) is 0 Å². The first kappa shape index (κ1) is 12.6. The van der Waals surface area contributed by atoms with E-state index in [0.717, 1.165) is 10.4 Å². The molecule has 0 atom stereocenters. The molecule has 9 nitrogen and oxygen atoms in total. The van der Waals surface area contributed by atoms with Crippen LogP contribution in [-0.2, 0) is 11.3 Å². The molecule has 0 aliphatic carbocycles. The number of nitrogens with one attached hydrogen (secondary N) is 1. The summed E-state index contributed by atoms with van der Waals surface area (Å²) in [4.78, 5) is 15.7. The molecule has 0 spiro atoms. The molecule has 9 heteroatoms. The Labute approximate surface area is 108 Å². The lowest BCUT2D eigenvalue weighted by Crippen LogP contribution is -2.24. The molecule has 1 amide bonds. The van der Waals surface area contributed by atoms with Gasteiger partial charge in [-0.2, -0.15) is 5.10 Å². The fourth-order valence-electron chi connectivity index (χ4n) is 1.30. The summed E-state index contributed by atoms with van der Waals surface area (Å²) in [6.45, 7) is 1.77. The molecule has 2 aromatic heterocycles. The highest BCUT2D eigenvalue weighted by molar-refractivity contribution is 5.80. The van der Waals surface area contributed by atoms with Crippen molar-refractivity contribution in [2.45, 2.75) is 13.5 Å². The molecule has 0 unspecified atom stereocenters. The second kappa shape index (κ2) is 5.67. The standard InChI is InChI=1S/C10H12N8O/c1-7-3-2-4-8(13-7)5-12-14-9(19)6-18-10(11)15-16-17-18/h2-5H,6H2,1H3,(H,14,19)(H2,11,15,17)/b12-5+. The summed E-state index contributed by atoms with van der Waals surface area (Å²) in [5, 5.41) is 14.1. The van der Waals surface area contributed by atoms with Crippen molar-refractivity contribution in [2.75, 3.05) is 5.73 Å². The van der Waals surface area contributed by atoms with Gasteiger partial charge in [0.05, 0.1) is 11.9 Å². The monoisotopic (exact) mass is 260 g/mol. The van der Waals surface area contributed by atoms with Crippen LogP contribution in [0.2, 0.25) is 0 Å². The van der Waals surface area contributed by atoms with Gasteiger partial charge in [-0.05, 0) is 29.5 Å². The molecule has 0 aromatic carbocycles. The summed E-state index contributed by atoms with van der Waals surface area (Å²) >= 11 is 0. The van der Waals surface area contributed by atoms with Crippen LogP contribution in [0.5, 0.6) is 0 Å². The third-order valence-corrected chi connectivity index (χ3v) is 2.15. The minimum absolute atomic E-state index is 0.0690. The van der Waals surface area contributed by atoms with Crippen LogP contribution in [0.4, 0.5) is 5.95 Å². The molecule has 19 heavy (non-hydrogen) atoms. The maximum atomic E-state index is 11.5. The Bertz CT molecular complexity index is 605. The van der Waals surface area contributed by atoms with Gasteiger partial charge in [0.25, 0.3) is 5.91 Å². The zero-order valence-electron chi connectivity index (χ0n) is 10.2. The maximum Gasteiger partial charge on any atom is 0.261 e. The highest BCUT2D eigenvalue weighted by Gasteiger charge is 2.06. The summed E-state index contributed by atoms with van der Waals surface area (Å²) in [7, 11) is 0. The van der Waals surface area contributed by atoms with Crippen LogP contribution in [0.3, 0.4) is 0 Å². The zero-order valence-corrected chi connectivity index (χ0v) is 10.2. The van der Waals surface area contributed by atoms with Gasteiger partial charge in [0.2, 0.25) is 5.95 Å². The van der Waals surface area contributed by atoms with E-state index in [4.69, 9.17) is 5.73 Å². The van der Waals surface area contributed by atoms with Gasteiger partial charge < -0.3 is 5.73 Å². The topological polar surface area (TPSA) is 124 Å². The van der Waals surface area contributed by atoms with Gasteiger partial charge in [0.1, 0.15) is 6.54 Å². The van der Waals surface area contributed by atoms with Gasteiger partial charge in [0.15, 0.2) is 0 Å². The lowest BCUT2D eigenvalue weighted by Gasteiger charge is -2.00. The number of hydrogen-bond donors (Lipinski definition) is 2. The molecular formula is C10H12N8O. The number of tetrazole rings is 1. The van der Waals surface area contributed by atoms with Crippen molar-refractivity contribution in [3.63, 3.8) is 0 Å². The first-order valence-electron chi connectivity index (χ1n) is 5.42. The Morgan fingerprint density at radius 1 is 1.58 bits per heavy atom. The first-order chi connectivity index (χ1) is 9.15. The van der Waals surface area contributed by atoms with Gasteiger partial charge in [-0.15, -0.1) is 0 Å². The number of carbonyl (C=O) groups excluding carboxylic acids is 1. The predicted molar refractivity (Wildman–Crippen MR) is 66.9 cm³/mol. The molecule has 0 saturated carbocycles. The van der Waals surface area contributed by atoms with E-state index in [2.05, 4.69) is 31.0 Å². The molecule has 0 fully saturated rings. The first-order valence-corrected chi connectivity index (χ1v) is 5.42. The van der Waals surface area contributed by atoms with Crippen LogP contribution in [0, 0.1) is 6.92 Å². The SMILES string of the molecule is Cc1cccc(/C=N/NC(=O)Cn2nnnc2N)n1. The van der Waals surface area contributed by atoms with Crippen molar-refractivity contribution in [3.05, 3.63) is 29.6 Å². The van der Waals surface area contributed by atoms with E-state index >= 15 is 0 Å². The number of hydrazone groups is 1. The van der Waals surface area contributed by atoms with Crippen molar-refractivity contribution in [1.82, 2.24) is 30.6 Å². The van der Waals surface area contributed by atoms with Gasteiger partial charge in [0, 0.05) is 5.69 Å². The maximum absolute atomic E-state index is 11.5. The highest BCUT2D eigenvalue weighted by atomic mass is 16.2. The normalized spacial score (nSPS) is 10.8. The van der Waals surface area contributed by atoms with E-state index in [9.17, 15) is 4.79 Å². The number of nitrogens with two attached hydrogens (primary N) is 1. The Kier molecular flexibility index (Phi) is 3.76. The molecule has 2 heterocycles. The Morgan fingerprint density at radius 2 is 2.42 bits per heavy atom. The molecule has 0 aliphatic heterocycles. The quantitative estimate of drug-likeness (QED) is 0.542. The number of hydrogen-bond acceptors (Lipinski definition) is 7. The molecule has 0 saturated heterocycles. The Balaban J connectivity index is 1.88. The number of pyridine rings is 1. The summed E-state index contributed by atoms with van der Waals surface area (Å²) < 4.78 is 1.16. The van der Waals surface area contributed by atoms with Gasteiger partial charge in [-0.3, -0.25) is 9.78 Å². The number of anilines is 1. The molecule has 0 radical (unpaired) electrons. The van der Waals surface area contributed by atoms with Gasteiger partial charge >= 0.3 is 0 Å².